The number of carbonyl (C=O) groups is 7. The highest BCUT2D eigenvalue weighted by Crippen LogP contribution is 2.74. The predicted octanol–water partition coefficient (Wildman–Crippen LogP) is 20.5. The second kappa shape index (κ2) is 34.7. The van der Waals surface area contributed by atoms with Gasteiger partial charge in [-0.05, 0) is 425 Å². The largest absolute Gasteiger partial charge is 0.469 e. The molecule has 28 bridgehead atoms. The van der Waals surface area contributed by atoms with Crippen molar-refractivity contribution in [1.82, 2.24) is 0 Å². The zero-order valence-electron chi connectivity index (χ0n) is 77.1. The number of fused-ring (bicyclic) bond motifs is 58. The second-order valence-electron chi connectivity index (χ2n) is 46.9. The van der Waals surface area contributed by atoms with Gasteiger partial charge in [0, 0.05) is 5.92 Å². The van der Waals surface area contributed by atoms with E-state index in [2.05, 4.69) is 117 Å². The Hall–Kier alpha value is -6.30. The number of methoxy groups -OCH3 is 2. The molecule has 126 heavy (non-hydrogen) atoms. The van der Waals surface area contributed by atoms with E-state index >= 15 is 0 Å². The van der Waals surface area contributed by atoms with Gasteiger partial charge in [0.1, 0.15) is 0 Å². The van der Waals surface area contributed by atoms with Gasteiger partial charge in [0.25, 0.3) is 0 Å². The number of carbonyl (C=O) groups excluding carboxylic acids is 7. The molecule has 0 saturated heterocycles. The normalized spacial score (nSPS) is 50.7. The van der Waals surface area contributed by atoms with E-state index in [0.29, 0.717) is 85.6 Å². The van der Waals surface area contributed by atoms with Crippen molar-refractivity contribution >= 4 is 41.8 Å². The van der Waals surface area contributed by atoms with Crippen LogP contribution in [0.4, 0.5) is 0 Å². The van der Waals surface area contributed by atoms with Crippen molar-refractivity contribution in [3.63, 3.8) is 0 Å². The van der Waals surface area contributed by atoms with Crippen LogP contribution in [0.2, 0.25) is 0 Å². The van der Waals surface area contributed by atoms with Crippen molar-refractivity contribution in [2.24, 2.45) is 284 Å². The molecule has 15 heteroatoms. The first-order valence-corrected chi connectivity index (χ1v) is 52.1. The first-order chi connectivity index (χ1) is 61.2. The molecule has 0 amide bonds. The number of hydrogen-bond acceptors (Lipinski definition) is 15. The van der Waals surface area contributed by atoms with Crippen molar-refractivity contribution in [1.29, 1.82) is 5.26 Å². The summed E-state index contributed by atoms with van der Waals surface area (Å²) in [7, 11) is 3.01. The Morgan fingerprint density at radius 1 is 0.325 bits per heavy atom. The van der Waals surface area contributed by atoms with Crippen LogP contribution >= 0.6 is 0 Å². The van der Waals surface area contributed by atoms with Crippen molar-refractivity contribution in [2.45, 2.75) is 215 Å². The lowest BCUT2D eigenvalue weighted by Crippen LogP contribution is -2.35. The predicted molar refractivity (Wildman–Crippen MR) is 478 cm³/mol. The summed E-state index contributed by atoms with van der Waals surface area (Å²) in [4.78, 5) is 83.2. The topological polar surface area (TPSA) is 208 Å². The van der Waals surface area contributed by atoms with E-state index in [1.54, 1.807) is 0 Å². The maximum atomic E-state index is 12.3. The molecule has 0 aromatic heterocycles. The number of esters is 7. The minimum atomic E-state index is -0.228. The number of nitriles is 1. The summed E-state index contributed by atoms with van der Waals surface area (Å²) in [5.74, 6) is 33.8. The zero-order valence-corrected chi connectivity index (χ0v) is 77.1. The molecule has 0 spiro atoms. The fraction of sp³-hybridized carbons (Fsp3) is 0.784. The third kappa shape index (κ3) is 14.6. The summed E-state index contributed by atoms with van der Waals surface area (Å²) in [6.45, 7) is 16.2. The van der Waals surface area contributed by atoms with E-state index < -0.39 is 0 Å². The highest BCUT2D eigenvalue weighted by atomic mass is 16.6. The van der Waals surface area contributed by atoms with Crippen molar-refractivity contribution < 1.29 is 66.7 Å². The van der Waals surface area contributed by atoms with Crippen LogP contribution < -0.4 is 0 Å². The SMILES string of the molecule is CC(C)OC(=O)C1CC2CC1C1C3C=CC(C3)C21.CCCCOC(=O)C1CC2CC1C1C3C=CC(C3)C21.CCCOC(=O)C1CC2CC1C1C3C=CC(C3)C21.CCOC(=O)C1CC2C=CC1C2.CCOC(=O)C1CC2CC1C1C3C=CC(C3)C21.COC(=O)C1(C)CC2C=CC1C2.COC(=O)C1CC2CC1C1C3C=CC(C3)C21.N#CC1CC2CC1C1C3C=CC(C3)C21. The average Bonchev–Trinajstić information content (AvgIpc) is 1.59. The second-order valence-corrected chi connectivity index (χ2v) is 46.9. The molecule has 28 aliphatic carbocycles. The van der Waals surface area contributed by atoms with E-state index in [1.807, 2.05) is 34.6 Å². The fourth-order valence-electron chi connectivity index (χ4n) is 37.9. The average molecular weight is 1720 g/mol. The lowest BCUT2D eigenvalue weighted by Gasteiger charge is -2.35. The summed E-state index contributed by atoms with van der Waals surface area (Å²) in [6, 6.07) is 2.54. The molecule has 15 nitrogen and oxygen atoms in total. The summed E-state index contributed by atoms with van der Waals surface area (Å²) >= 11 is 0. The van der Waals surface area contributed by atoms with Gasteiger partial charge >= 0.3 is 41.8 Å². The smallest absolute Gasteiger partial charge is 0.312 e. The van der Waals surface area contributed by atoms with E-state index in [0.717, 1.165) is 254 Å². The van der Waals surface area contributed by atoms with Crippen LogP contribution in [0.5, 0.6) is 0 Å². The highest BCUT2D eigenvalue weighted by molar-refractivity contribution is 5.79. The van der Waals surface area contributed by atoms with Crippen LogP contribution in [0, 0.1) is 295 Å². The van der Waals surface area contributed by atoms with Crippen LogP contribution in [0.3, 0.4) is 0 Å². The van der Waals surface area contributed by atoms with Gasteiger partial charge in [-0.15, -0.1) is 0 Å². The lowest BCUT2D eigenvalue weighted by molar-refractivity contribution is -0.156. The quantitative estimate of drug-likeness (QED) is 0.0491. The van der Waals surface area contributed by atoms with E-state index in [4.69, 9.17) is 38.4 Å². The van der Waals surface area contributed by atoms with Gasteiger partial charge in [0.15, 0.2) is 0 Å². The summed E-state index contributed by atoms with van der Waals surface area (Å²) in [5.41, 5.74) is -0.228. The number of unbranched alkanes of at least 4 members (excludes halogenated alkanes) is 1. The minimum absolute atomic E-state index is 0.00866. The summed E-state index contributed by atoms with van der Waals surface area (Å²) < 4.78 is 36.4. The molecular formula is C111H149NO14. The van der Waals surface area contributed by atoms with Crippen molar-refractivity contribution in [3.05, 3.63) is 97.2 Å². The number of nitrogens with zero attached hydrogens (tertiary/aromatic N) is 1. The van der Waals surface area contributed by atoms with Crippen LogP contribution in [0.25, 0.3) is 0 Å². The molecule has 0 heterocycles. The Bertz CT molecular complexity index is 4440. The highest BCUT2D eigenvalue weighted by Gasteiger charge is 2.69. The molecule has 0 aromatic carbocycles. The molecule has 28 aliphatic rings. The van der Waals surface area contributed by atoms with Gasteiger partial charge in [-0.2, -0.15) is 5.26 Å². The Balaban J connectivity index is 0.0000000883. The molecule has 0 aliphatic heterocycles. The maximum Gasteiger partial charge on any atom is 0.312 e. The van der Waals surface area contributed by atoms with Gasteiger partial charge in [-0.3, -0.25) is 33.6 Å². The standard InChI is InChI=1S/C17H24O2.2C16H22O2.C15H20O2.C14H18O2.C13H15N.2C10H14O2/c1-2-3-6-19-17(18)14-9-12-8-13(14)16-11-5-4-10(7-11)15(12)16;1-8(2)18-16(17)13-7-11-6-12(13)15-10-4-3-9(5-10)14(11)15;1-2-5-18-16(17)13-8-11-7-12(13)15-10-4-3-9(6-10)14(11)15;1-2-17-15(16)12-7-10-6-11(12)14-9-4-3-8(5-9)13(10)14;1-16-14(15)11-6-9-5-10(11)13-8-3-2-7(4-8)12(9)13;14-6-10-4-9-5-11(10)13-8-2-1-7(3-8)12(9)13;1-10(9(11)12-2)6-7-3-4-8(10)5-7;1-2-12-10(11)9-6-7-3-4-8(9)5-7/h4-5,10-16H,2-3,6-9H2,1H3;3-4,8-15H,5-7H2,1-2H3;3-4,9-15H,2,5-8H2,1H3;3-4,8-14H,2,5-7H2,1H3;2-3,7-13H,4-6H2,1H3;1-2,7-13H,3-5H2;3-4,7-8H,5-6H2,1-2H3;3-4,7-9H,2,5-6H2,1H3. The van der Waals surface area contributed by atoms with E-state index in [1.165, 1.54) is 104 Å². The van der Waals surface area contributed by atoms with Crippen LogP contribution in [0.1, 0.15) is 209 Å². The number of allylic oxidation sites excluding steroid dienone is 16. The van der Waals surface area contributed by atoms with E-state index in [9.17, 15) is 33.6 Å². The third-order valence-electron chi connectivity index (χ3n) is 41.5. The summed E-state index contributed by atoms with van der Waals surface area (Å²) in [6.07, 6.45) is 68.4. The zero-order chi connectivity index (χ0) is 86.7. The Morgan fingerprint density at radius 2 is 0.659 bits per heavy atom. The molecule has 0 aromatic rings. The number of hydrogen-bond donors (Lipinski definition) is 0. The molecule has 28 rings (SSSR count). The molecule has 48 unspecified atom stereocenters. The molecule has 20 saturated carbocycles. The van der Waals surface area contributed by atoms with Crippen LogP contribution in [0.15, 0.2) is 97.2 Å². The Kier molecular flexibility index (Phi) is 23.8. The molecule has 0 radical (unpaired) electrons. The lowest BCUT2D eigenvalue weighted by atomic mass is 9.69. The van der Waals surface area contributed by atoms with Gasteiger partial charge < -0.3 is 33.2 Å². The van der Waals surface area contributed by atoms with Gasteiger partial charge in [0.05, 0.1) is 93.7 Å². The first kappa shape index (κ1) is 86.4. The van der Waals surface area contributed by atoms with Crippen molar-refractivity contribution in [3.8, 4) is 6.07 Å². The number of rotatable bonds is 15. The Morgan fingerprint density at radius 3 is 0.976 bits per heavy atom. The molecule has 20 fully saturated rings. The molecule has 48 atom stereocenters. The third-order valence-corrected chi connectivity index (χ3v) is 41.5. The van der Waals surface area contributed by atoms with Crippen LogP contribution in [-0.2, 0) is 66.7 Å². The number of ether oxygens (including phenoxy) is 7. The molecular weight excluding hydrogens is 1570 g/mol. The van der Waals surface area contributed by atoms with Gasteiger partial charge in [0.2, 0.25) is 0 Å². The maximum absolute atomic E-state index is 12.3. The minimum Gasteiger partial charge on any atom is -0.469 e. The first-order valence-electron chi connectivity index (χ1n) is 52.1. The van der Waals surface area contributed by atoms with Crippen molar-refractivity contribution in [2.75, 3.05) is 40.6 Å². The van der Waals surface area contributed by atoms with Gasteiger partial charge in [-0.25, -0.2) is 0 Å². The fourth-order valence-corrected chi connectivity index (χ4v) is 37.9. The van der Waals surface area contributed by atoms with E-state index in [-0.39, 0.29) is 88.8 Å². The molecule has 682 valence electrons. The molecule has 0 N–H and O–H groups in total. The van der Waals surface area contributed by atoms with Gasteiger partial charge in [-0.1, -0.05) is 117 Å². The Labute approximate surface area is 752 Å². The summed E-state index contributed by atoms with van der Waals surface area (Å²) in [5, 5.41) is 9.11. The monoisotopic (exact) mass is 1720 g/mol. The van der Waals surface area contributed by atoms with Crippen LogP contribution in [-0.4, -0.2) is 88.5 Å².